The molecule has 2 heteroatoms. The highest BCUT2D eigenvalue weighted by molar-refractivity contribution is 5.32. The number of rotatable bonds is 3. The van der Waals surface area contributed by atoms with Crippen LogP contribution >= 0.6 is 0 Å². The molecule has 0 aromatic heterocycles. The molecule has 76 valence electrons. The molecule has 1 heterocycles. The van der Waals surface area contributed by atoms with E-state index in [0.29, 0.717) is 6.04 Å². The summed E-state index contributed by atoms with van der Waals surface area (Å²) >= 11 is 0. The smallest absolute Gasteiger partial charge is 0.0661 e. The second kappa shape index (κ2) is 4.58. The molecule has 1 aliphatic heterocycles. The molecule has 0 saturated heterocycles. The molecule has 1 unspecified atom stereocenters. The van der Waals surface area contributed by atoms with Crippen molar-refractivity contribution < 1.29 is 4.74 Å². The van der Waals surface area contributed by atoms with Gasteiger partial charge in [-0.1, -0.05) is 24.3 Å². The minimum Gasteiger partial charge on any atom is -0.380 e. The summed E-state index contributed by atoms with van der Waals surface area (Å²) < 4.78 is 5.47. The summed E-state index contributed by atoms with van der Waals surface area (Å²) in [4.78, 5) is 0. The van der Waals surface area contributed by atoms with E-state index < -0.39 is 0 Å². The number of benzene rings is 1. The molecule has 0 spiro atoms. The topological polar surface area (TPSA) is 21.3 Å². The Morgan fingerprint density at radius 1 is 1.43 bits per heavy atom. The first-order chi connectivity index (χ1) is 6.92. The van der Waals surface area contributed by atoms with Gasteiger partial charge in [-0.2, -0.15) is 0 Å². The van der Waals surface area contributed by atoms with E-state index in [-0.39, 0.29) is 0 Å². The lowest BCUT2D eigenvalue weighted by molar-refractivity contribution is 0.121. The number of fused-ring (bicyclic) bond motifs is 1. The molecule has 0 bridgehead atoms. The van der Waals surface area contributed by atoms with Gasteiger partial charge in [-0.05, 0) is 31.0 Å². The predicted octanol–water partition coefficient (Wildman–Crippen LogP) is 1.91. The van der Waals surface area contributed by atoms with E-state index in [4.69, 9.17) is 4.74 Å². The van der Waals surface area contributed by atoms with E-state index in [9.17, 15) is 0 Å². The van der Waals surface area contributed by atoms with Crippen molar-refractivity contribution in [1.82, 2.24) is 5.32 Å². The van der Waals surface area contributed by atoms with Gasteiger partial charge in [0.2, 0.25) is 0 Å². The molecule has 1 N–H and O–H groups in total. The minimum atomic E-state index is 0.389. The minimum absolute atomic E-state index is 0.389. The van der Waals surface area contributed by atoms with E-state index in [1.54, 1.807) is 0 Å². The van der Waals surface area contributed by atoms with Gasteiger partial charge < -0.3 is 10.1 Å². The first-order valence-corrected chi connectivity index (χ1v) is 5.30. The van der Waals surface area contributed by atoms with Crippen molar-refractivity contribution in [2.45, 2.75) is 19.4 Å². The molecule has 1 aromatic rings. The van der Waals surface area contributed by atoms with Gasteiger partial charge in [0.1, 0.15) is 0 Å². The molecule has 1 aliphatic rings. The molecule has 2 nitrogen and oxygen atoms in total. The summed E-state index contributed by atoms with van der Waals surface area (Å²) in [5.74, 6) is 0. The van der Waals surface area contributed by atoms with Crippen molar-refractivity contribution in [3.63, 3.8) is 0 Å². The van der Waals surface area contributed by atoms with Crippen LogP contribution in [-0.2, 0) is 11.2 Å². The molecule has 0 amide bonds. The number of ether oxygens (including phenoxy) is 1. The van der Waals surface area contributed by atoms with Gasteiger partial charge in [-0.3, -0.25) is 0 Å². The Bertz CT molecular complexity index is 298. The molecular weight excluding hydrogens is 174 g/mol. The standard InChI is InChI=1S/C12H17NO/c1-2-14-9-12-11-6-4-3-5-10(11)7-8-13-12/h3-6,12-13H,2,7-9H2,1H3. The van der Waals surface area contributed by atoms with Gasteiger partial charge in [0.15, 0.2) is 0 Å². The van der Waals surface area contributed by atoms with Crippen LogP contribution in [0.2, 0.25) is 0 Å². The normalized spacial score (nSPS) is 20.5. The lowest BCUT2D eigenvalue weighted by atomic mass is 9.95. The zero-order valence-electron chi connectivity index (χ0n) is 8.62. The third-order valence-electron chi connectivity index (χ3n) is 2.70. The highest BCUT2D eigenvalue weighted by atomic mass is 16.5. The Hall–Kier alpha value is -0.860. The maximum Gasteiger partial charge on any atom is 0.0661 e. The largest absolute Gasteiger partial charge is 0.380 e. The molecular formula is C12H17NO. The number of hydrogen-bond donors (Lipinski definition) is 1. The fraction of sp³-hybridized carbons (Fsp3) is 0.500. The SMILES string of the molecule is CCOCC1NCCc2ccccc21. The summed E-state index contributed by atoms with van der Waals surface area (Å²) in [7, 11) is 0. The summed E-state index contributed by atoms with van der Waals surface area (Å²) in [5, 5.41) is 3.49. The Morgan fingerprint density at radius 3 is 3.14 bits per heavy atom. The van der Waals surface area contributed by atoms with Crippen LogP contribution in [0.5, 0.6) is 0 Å². The monoisotopic (exact) mass is 191 g/mol. The Labute approximate surface area is 85.3 Å². The quantitative estimate of drug-likeness (QED) is 0.788. The van der Waals surface area contributed by atoms with Crippen molar-refractivity contribution in [3.8, 4) is 0 Å². The first kappa shape index (κ1) is 9.69. The molecule has 0 aliphatic carbocycles. The summed E-state index contributed by atoms with van der Waals surface area (Å²) in [6, 6.07) is 9.02. The lowest BCUT2D eigenvalue weighted by Gasteiger charge is -2.26. The molecule has 2 rings (SSSR count). The predicted molar refractivity (Wildman–Crippen MR) is 57.4 cm³/mol. The summed E-state index contributed by atoms with van der Waals surface area (Å²) in [6.45, 7) is 4.68. The van der Waals surface area contributed by atoms with E-state index in [1.807, 2.05) is 6.92 Å². The molecule has 1 aromatic carbocycles. The molecule has 14 heavy (non-hydrogen) atoms. The van der Waals surface area contributed by atoms with Crippen molar-refractivity contribution in [2.75, 3.05) is 19.8 Å². The highest BCUT2D eigenvalue weighted by Crippen LogP contribution is 2.22. The second-order valence-corrected chi connectivity index (χ2v) is 3.61. The zero-order chi connectivity index (χ0) is 9.80. The average molecular weight is 191 g/mol. The van der Waals surface area contributed by atoms with Gasteiger partial charge in [0, 0.05) is 6.61 Å². The average Bonchev–Trinajstić information content (AvgIpc) is 2.26. The highest BCUT2D eigenvalue weighted by Gasteiger charge is 2.18. The van der Waals surface area contributed by atoms with Crippen LogP contribution in [0.25, 0.3) is 0 Å². The molecule has 1 atom stereocenters. The van der Waals surface area contributed by atoms with Crippen LogP contribution in [0.3, 0.4) is 0 Å². The summed E-state index contributed by atoms with van der Waals surface area (Å²) in [5.41, 5.74) is 2.88. The maximum absolute atomic E-state index is 5.47. The fourth-order valence-corrected chi connectivity index (χ4v) is 1.98. The van der Waals surface area contributed by atoms with E-state index in [1.165, 1.54) is 11.1 Å². The van der Waals surface area contributed by atoms with Gasteiger partial charge >= 0.3 is 0 Å². The van der Waals surface area contributed by atoms with Crippen molar-refractivity contribution in [3.05, 3.63) is 35.4 Å². The third-order valence-corrected chi connectivity index (χ3v) is 2.70. The third kappa shape index (κ3) is 1.97. The van der Waals surface area contributed by atoms with E-state index >= 15 is 0 Å². The van der Waals surface area contributed by atoms with Crippen LogP contribution in [0.1, 0.15) is 24.1 Å². The van der Waals surface area contributed by atoms with Crippen LogP contribution in [0, 0.1) is 0 Å². The van der Waals surface area contributed by atoms with Crippen LogP contribution < -0.4 is 5.32 Å². The number of nitrogens with one attached hydrogen (secondary N) is 1. The van der Waals surface area contributed by atoms with Gasteiger partial charge in [0.05, 0.1) is 12.6 Å². The Morgan fingerprint density at radius 2 is 2.29 bits per heavy atom. The fourth-order valence-electron chi connectivity index (χ4n) is 1.98. The Balaban J connectivity index is 2.14. The van der Waals surface area contributed by atoms with E-state index in [2.05, 4.69) is 29.6 Å². The Kier molecular flexibility index (Phi) is 3.17. The first-order valence-electron chi connectivity index (χ1n) is 5.30. The van der Waals surface area contributed by atoms with Gasteiger partial charge in [-0.25, -0.2) is 0 Å². The van der Waals surface area contributed by atoms with Crippen molar-refractivity contribution in [2.24, 2.45) is 0 Å². The summed E-state index contributed by atoms with van der Waals surface area (Å²) in [6.07, 6.45) is 1.14. The van der Waals surface area contributed by atoms with Gasteiger partial charge in [0.25, 0.3) is 0 Å². The van der Waals surface area contributed by atoms with Gasteiger partial charge in [-0.15, -0.1) is 0 Å². The lowest BCUT2D eigenvalue weighted by Crippen LogP contribution is -2.32. The second-order valence-electron chi connectivity index (χ2n) is 3.61. The maximum atomic E-state index is 5.47. The van der Waals surface area contributed by atoms with E-state index in [0.717, 1.165) is 26.2 Å². The molecule has 0 saturated carbocycles. The molecule has 0 radical (unpaired) electrons. The van der Waals surface area contributed by atoms with Crippen LogP contribution in [0.15, 0.2) is 24.3 Å². The van der Waals surface area contributed by atoms with Crippen molar-refractivity contribution in [1.29, 1.82) is 0 Å². The van der Waals surface area contributed by atoms with Crippen molar-refractivity contribution >= 4 is 0 Å². The molecule has 0 fully saturated rings. The van der Waals surface area contributed by atoms with Crippen LogP contribution in [0.4, 0.5) is 0 Å². The van der Waals surface area contributed by atoms with Crippen LogP contribution in [-0.4, -0.2) is 19.8 Å². The zero-order valence-corrected chi connectivity index (χ0v) is 8.62. The number of hydrogen-bond acceptors (Lipinski definition) is 2.